The maximum absolute atomic E-state index is 13.1. The molecule has 2 amide bonds. The molecule has 0 aromatic heterocycles. The molecule has 0 unspecified atom stereocenters. The van der Waals surface area contributed by atoms with Gasteiger partial charge in [-0.05, 0) is 16.7 Å². The smallest absolute Gasteiger partial charge is 0.234 e. The Morgan fingerprint density at radius 2 is 1.48 bits per heavy atom. The van der Waals surface area contributed by atoms with Gasteiger partial charge in [-0.3, -0.25) is 14.5 Å². The van der Waals surface area contributed by atoms with E-state index in [-0.39, 0.29) is 35.5 Å². The van der Waals surface area contributed by atoms with Crippen LogP contribution in [-0.2, 0) is 16.1 Å². The quantitative estimate of drug-likeness (QED) is 0.773. The summed E-state index contributed by atoms with van der Waals surface area (Å²) in [7, 11) is 0. The average Bonchev–Trinajstić information content (AvgIpc) is 2.89. The zero-order chi connectivity index (χ0) is 17.1. The third-order valence-corrected chi connectivity index (χ3v) is 6.11. The summed E-state index contributed by atoms with van der Waals surface area (Å²) in [5, 5.41) is 0.702. The minimum atomic E-state index is -0.367. The summed E-state index contributed by atoms with van der Waals surface area (Å²) < 4.78 is 0. The van der Waals surface area contributed by atoms with Crippen LogP contribution in [-0.4, -0.2) is 16.7 Å². The lowest BCUT2D eigenvalue weighted by atomic mass is 9.60. The predicted octanol–water partition coefficient (Wildman–Crippen LogP) is 3.81. The number of hydrogen-bond donors (Lipinski definition) is 0. The van der Waals surface area contributed by atoms with Gasteiger partial charge in [0, 0.05) is 16.9 Å². The van der Waals surface area contributed by atoms with Crippen LogP contribution in [0.1, 0.15) is 28.5 Å². The highest BCUT2D eigenvalue weighted by atomic mass is 35.5. The van der Waals surface area contributed by atoms with Crippen LogP contribution >= 0.6 is 11.6 Å². The van der Waals surface area contributed by atoms with E-state index in [0.29, 0.717) is 11.6 Å². The number of rotatable bonds is 2. The second-order valence-corrected chi connectivity index (χ2v) is 7.42. The van der Waals surface area contributed by atoms with Crippen molar-refractivity contribution in [3.8, 4) is 0 Å². The SMILES string of the molecule is O=C1[C@@H]2[C@@H](C(=O)N1Cc1ccccc1)[C@H]1C(Cl)=C[C@H]2c2ccccc21. The Labute approximate surface area is 150 Å². The summed E-state index contributed by atoms with van der Waals surface area (Å²) in [4.78, 5) is 27.6. The summed E-state index contributed by atoms with van der Waals surface area (Å²) in [6, 6.07) is 17.7. The molecule has 2 bridgehead atoms. The zero-order valence-corrected chi connectivity index (χ0v) is 14.2. The van der Waals surface area contributed by atoms with Crippen LogP contribution in [0.5, 0.6) is 0 Å². The lowest BCUT2D eigenvalue weighted by molar-refractivity contribution is -0.140. The van der Waals surface area contributed by atoms with Gasteiger partial charge in [0.25, 0.3) is 0 Å². The number of allylic oxidation sites excluding steroid dienone is 2. The Kier molecular flexibility index (Phi) is 3.16. The van der Waals surface area contributed by atoms with Gasteiger partial charge in [-0.2, -0.15) is 0 Å². The Hall–Kier alpha value is -2.39. The number of imide groups is 1. The molecule has 124 valence electrons. The van der Waals surface area contributed by atoms with Gasteiger partial charge >= 0.3 is 0 Å². The maximum atomic E-state index is 13.1. The average molecular weight is 350 g/mol. The molecule has 1 aliphatic heterocycles. The van der Waals surface area contributed by atoms with Crippen molar-refractivity contribution in [2.75, 3.05) is 0 Å². The van der Waals surface area contributed by atoms with Gasteiger partial charge in [-0.15, -0.1) is 0 Å². The normalized spacial score (nSPS) is 29.5. The number of carbonyl (C=O) groups is 2. The van der Waals surface area contributed by atoms with Crippen molar-refractivity contribution >= 4 is 23.4 Å². The molecular weight excluding hydrogens is 334 g/mol. The van der Waals surface area contributed by atoms with Gasteiger partial charge < -0.3 is 0 Å². The van der Waals surface area contributed by atoms with Gasteiger partial charge in [0.1, 0.15) is 0 Å². The van der Waals surface area contributed by atoms with E-state index in [1.807, 2.05) is 54.6 Å². The Bertz CT molecular complexity index is 921. The molecule has 0 radical (unpaired) electrons. The number of benzene rings is 2. The number of amides is 2. The molecule has 3 aliphatic carbocycles. The molecule has 6 rings (SSSR count). The second-order valence-electron chi connectivity index (χ2n) is 6.98. The topological polar surface area (TPSA) is 37.4 Å². The first-order valence-electron chi connectivity index (χ1n) is 8.52. The Morgan fingerprint density at radius 1 is 0.840 bits per heavy atom. The molecular formula is C21H16ClNO2. The number of halogens is 1. The highest BCUT2D eigenvalue weighted by Crippen LogP contribution is 2.59. The zero-order valence-electron chi connectivity index (χ0n) is 13.4. The first kappa shape index (κ1) is 14.9. The molecule has 1 heterocycles. The molecule has 25 heavy (non-hydrogen) atoms. The Morgan fingerprint density at radius 3 is 2.24 bits per heavy atom. The standard InChI is InChI=1S/C21H16ClNO2/c22-16-10-15-13-8-4-5-9-14(13)17(16)19-18(15)20(24)23(21(19)25)11-12-6-2-1-3-7-12/h1-10,15,17-19H,11H2/t15-,17+,18-,19-/m0/s1. The van der Waals surface area contributed by atoms with E-state index in [2.05, 4.69) is 6.07 Å². The molecule has 2 aromatic rings. The fourth-order valence-corrected chi connectivity index (χ4v) is 5.09. The molecule has 3 nitrogen and oxygen atoms in total. The van der Waals surface area contributed by atoms with Crippen LogP contribution in [0.25, 0.3) is 0 Å². The molecule has 0 saturated carbocycles. The van der Waals surface area contributed by atoms with Crippen molar-refractivity contribution in [3.63, 3.8) is 0 Å². The van der Waals surface area contributed by atoms with Crippen LogP contribution in [0.3, 0.4) is 0 Å². The minimum absolute atomic E-state index is 0.0660. The van der Waals surface area contributed by atoms with Crippen molar-refractivity contribution in [1.82, 2.24) is 4.90 Å². The lowest BCUT2D eigenvalue weighted by Gasteiger charge is -2.42. The van der Waals surface area contributed by atoms with Gasteiger partial charge in [0.2, 0.25) is 11.8 Å². The van der Waals surface area contributed by atoms with Gasteiger partial charge in [-0.25, -0.2) is 0 Å². The van der Waals surface area contributed by atoms with Gasteiger partial charge in [0.05, 0.1) is 18.4 Å². The van der Waals surface area contributed by atoms with E-state index in [1.165, 1.54) is 4.90 Å². The van der Waals surface area contributed by atoms with Crippen LogP contribution in [0.2, 0.25) is 0 Å². The summed E-state index contributed by atoms with van der Waals surface area (Å²) >= 11 is 6.51. The van der Waals surface area contributed by atoms with E-state index in [1.54, 1.807) is 0 Å². The van der Waals surface area contributed by atoms with Gasteiger partial charge in [-0.1, -0.05) is 72.3 Å². The van der Waals surface area contributed by atoms with Crippen molar-refractivity contribution in [1.29, 1.82) is 0 Å². The number of hydrogen-bond acceptors (Lipinski definition) is 2. The summed E-state index contributed by atoms with van der Waals surface area (Å²) in [5.41, 5.74) is 3.21. The molecule has 0 spiro atoms. The lowest BCUT2D eigenvalue weighted by Crippen LogP contribution is -2.38. The summed E-state index contributed by atoms with van der Waals surface area (Å²) in [6.07, 6.45) is 1.98. The fraction of sp³-hybridized carbons (Fsp3) is 0.238. The van der Waals surface area contributed by atoms with E-state index < -0.39 is 0 Å². The molecule has 1 fully saturated rings. The van der Waals surface area contributed by atoms with E-state index in [4.69, 9.17) is 11.6 Å². The first-order valence-corrected chi connectivity index (χ1v) is 8.90. The van der Waals surface area contributed by atoms with Crippen molar-refractivity contribution < 1.29 is 9.59 Å². The van der Waals surface area contributed by atoms with Crippen molar-refractivity contribution in [2.45, 2.75) is 18.4 Å². The van der Waals surface area contributed by atoms with E-state index in [9.17, 15) is 9.59 Å². The van der Waals surface area contributed by atoms with E-state index >= 15 is 0 Å². The molecule has 1 saturated heterocycles. The molecule has 2 aromatic carbocycles. The largest absolute Gasteiger partial charge is 0.278 e. The highest BCUT2D eigenvalue weighted by Gasteiger charge is 2.59. The minimum Gasteiger partial charge on any atom is -0.278 e. The number of likely N-dealkylation sites (tertiary alicyclic amines) is 1. The number of carbonyl (C=O) groups excluding carboxylic acids is 2. The third-order valence-electron chi connectivity index (χ3n) is 5.74. The third kappa shape index (κ3) is 1.99. The second kappa shape index (κ2) is 5.30. The van der Waals surface area contributed by atoms with E-state index in [0.717, 1.165) is 16.7 Å². The van der Waals surface area contributed by atoms with Crippen molar-refractivity contribution in [2.24, 2.45) is 11.8 Å². The molecule has 4 aliphatic rings. The molecule has 0 N–H and O–H groups in total. The van der Waals surface area contributed by atoms with Crippen molar-refractivity contribution in [3.05, 3.63) is 82.4 Å². The van der Waals surface area contributed by atoms with Crippen LogP contribution in [0.15, 0.2) is 65.7 Å². The van der Waals surface area contributed by atoms with Crippen LogP contribution < -0.4 is 0 Å². The maximum Gasteiger partial charge on any atom is 0.234 e. The first-order chi connectivity index (χ1) is 12.2. The predicted molar refractivity (Wildman–Crippen MR) is 94.8 cm³/mol. The van der Waals surface area contributed by atoms with Crippen LogP contribution in [0, 0.1) is 11.8 Å². The van der Waals surface area contributed by atoms with Gasteiger partial charge in [0.15, 0.2) is 0 Å². The summed E-state index contributed by atoms with van der Waals surface area (Å²) in [5.74, 6) is -1.13. The molecule has 4 heteroatoms. The summed E-state index contributed by atoms with van der Waals surface area (Å²) in [6.45, 7) is 0.332. The molecule has 4 atom stereocenters. The monoisotopic (exact) mass is 349 g/mol. The Balaban J connectivity index is 1.57. The highest BCUT2D eigenvalue weighted by molar-refractivity contribution is 6.31. The van der Waals surface area contributed by atoms with Crippen LogP contribution in [0.4, 0.5) is 0 Å². The number of nitrogens with zero attached hydrogens (tertiary/aromatic N) is 1. The fourth-order valence-electron chi connectivity index (χ4n) is 4.70.